The zero-order chi connectivity index (χ0) is 11.6. The Kier molecular flexibility index (Phi) is 3.19. The first kappa shape index (κ1) is 11.8. The topological polar surface area (TPSA) is 45.9 Å². The van der Waals surface area contributed by atoms with E-state index >= 15 is 0 Å². The van der Waals surface area contributed by atoms with Crippen molar-refractivity contribution in [3.8, 4) is 11.8 Å². The van der Waals surface area contributed by atoms with Gasteiger partial charge in [-0.15, -0.1) is 13.2 Å². The average molecular weight is 281 g/mol. The standard InChI is InChI=1S/C8H4BrF3N2O/c1-4-5(2-13)6(3-14-7(4)9)15-8(10,11)12/h3H,1H3. The summed E-state index contributed by atoms with van der Waals surface area (Å²) in [5, 5.41) is 8.67. The fourth-order valence-electron chi connectivity index (χ4n) is 0.906. The van der Waals surface area contributed by atoms with Crippen molar-refractivity contribution in [3.05, 3.63) is 21.9 Å². The Morgan fingerprint density at radius 3 is 2.60 bits per heavy atom. The van der Waals surface area contributed by atoms with Crippen molar-refractivity contribution in [1.82, 2.24) is 4.98 Å². The Bertz CT molecular complexity index is 425. The molecule has 0 aliphatic carbocycles. The summed E-state index contributed by atoms with van der Waals surface area (Å²) in [4.78, 5) is 3.61. The summed E-state index contributed by atoms with van der Waals surface area (Å²) in [5.74, 6) is -0.592. The van der Waals surface area contributed by atoms with E-state index in [0.29, 0.717) is 10.2 Å². The number of hydrogen-bond acceptors (Lipinski definition) is 3. The molecular formula is C8H4BrF3N2O. The molecule has 7 heteroatoms. The van der Waals surface area contributed by atoms with Crippen molar-refractivity contribution in [1.29, 1.82) is 5.26 Å². The monoisotopic (exact) mass is 280 g/mol. The van der Waals surface area contributed by atoms with Crippen LogP contribution in [0.15, 0.2) is 10.8 Å². The van der Waals surface area contributed by atoms with Gasteiger partial charge in [0, 0.05) is 5.56 Å². The van der Waals surface area contributed by atoms with Gasteiger partial charge in [-0.05, 0) is 22.9 Å². The fraction of sp³-hybridized carbons (Fsp3) is 0.250. The lowest BCUT2D eigenvalue weighted by atomic mass is 10.2. The maximum absolute atomic E-state index is 11.9. The molecule has 15 heavy (non-hydrogen) atoms. The molecule has 1 heterocycles. The third-order valence-corrected chi connectivity index (χ3v) is 2.36. The lowest BCUT2D eigenvalue weighted by Crippen LogP contribution is -2.18. The van der Waals surface area contributed by atoms with Crippen LogP contribution in [0.2, 0.25) is 0 Å². The van der Waals surface area contributed by atoms with Crippen LogP contribution in [-0.4, -0.2) is 11.3 Å². The molecule has 1 aromatic heterocycles. The normalized spacial score (nSPS) is 10.9. The van der Waals surface area contributed by atoms with E-state index in [1.54, 1.807) is 6.07 Å². The van der Waals surface area contributed by atoms with Crippen molar-refractivity contribution >= 4 is 15.9 Å². The van der Waals surface area contributed by atoms with Crippen molar-refractivity contribution in [2.24, 2.45) is 0 Å². The summed E-state index contributed by atoms with van der Waals surface area (Å²) in [6.07, 6.45) is -3.98. The second-order valence-electron chi connectivity index (χ2n) is 2.57. The molecule has 0 atom stereocenters. The third-order valence-electron chi connectivity index (χ3n) is 1.56. The second kappa shape index (κ2) is 4.06. The Labute approximate surface area is 91.6 Å². The highest BCUT2D eigenvalue weighted by Gasteiger charge is 2.32. The molecule has 0 radical (unpaired) electrons. The third kappa shape index (κ3) is 2.83. The van der Waals surface area contributed by atoms with Gasteiger partial charge in [0.2, 0.25) is 0 Å². The number of rotatable bonds is 1. The highest BCUT2D eigenvalue weighted by atomic mass is 79.9. The van der Waals surface area contributed by atoms with Gasteiger partial charge in [0.25, 0.3) is 0 Å². The van der Waals surface area contributed by atoms with E-state index in [9.17, 15) is 13.2 Å². The molecule has 3 nitrogen and oxygen atoms in total. The maximum Gasteiger partial charge on any atom is 0.573 e. The maximum atomic E-state index is 11.9. The van der Waals surface area contributed by atoms with Crippen LogP contribution < -0.4 is 4.74 Å². The highest BCUT2D eigenvalue weighted by Crippen LogP contribution is 2.29. The van der Waals surface area contributed by atoms with Crippen LogP contribution in [0.4, 0.5) is 13.2 Å². The van der Waals surface area contributed by atoms with Gasteiger partial charge in [0.05, 0.1) is 6.20 Å². The summed E-state index contributed by atoms with van der Waals surface area (Å²) in [5.41, 5.74) is 0.119. The molecule has 0 unspecified atom stereocenters. The first-order valence-electron chi connectivity index (χ1n) is 3.66. The SMILES string of the molecule is Cc1c(Br)ncc(OC(F)(F)F)c1C#N. The van der Waals surface area contributed by atoms with Gasteiger partial charge in [-0.3, -0.25) is 0 Å². The molecular weight excluding hydrogens is 277 g/mol. The second-order valence-corrected chi connectivity index (χ2v) is 3.32. The van der Waals surface area contributed by atoms with E-state index in [1.807, 2.05) is 0 Å². The fourth-order valence-corrected chi connectivity index (χ4v) is 1.21. The molecule has 1 rings (SSSR count). The van der Waals surface area contributed by atoms with Crippen LogP contribution in [0.5, 0.6) is 5.75 Å². The number of halogens is 4. The van der Waals surface area contributed by atoms with E-state index in [2.05, 4.69) is 25.7 Å². The number of aromatic nitrogens is 1. The minimum Gasteiger partial charge on any atom is -0.403 e. The van der Waals surface area contributed by atoms with E-state index in [1.165, 1.54) is 6.92 Å². The molecule has 1 aromatic rings. The quantitative estimate of drug-likeness (QED) is 0.743. The number of nitriles is 1. The summed E-state index contributed by atoms with van der Waals surface area (Å²) >= 11 is 3.00. The molecule has 0 spiro atoms. The van der Waals surface area contributed by atoms with Crippen LogP contribution in [0.1, 0.15) is 11.1 Å². The van der Waals surface area contributed by atoms with Gasteiger partial charge in [-0.2, -0.15) is 5.26 Å². The number of alkyl halides is 3. The molecule has 0 N–H and O–H groups in total. The molecule has 80 valence electrons. The Morgan fingerprint density at radius 2 is 2.13 bits per heavy atom. The minimum absolute atomic E-state index is 0.186. The first-order chi connectivity index (χ1) is 6.85. The molecule has 0 saturated carbocycles. The predicted octanol–water partition coefficient (Wildman–Crippen LogP) is 2.92. The van der Waals surface area contributed by atoms with Crippen LogP contribution in [-0.2, 0) is 0 Å². The number of pyridine rings is 1. The lowest BCUT2D eigenvalue weighted by molar-refractivity contribution is -0.274. The van der Waals surface area contributed by atoms with Gasteiger partial charge in [0.1, 0.15) is 16.2 Å². The molecule has 0 amide bonds. The highest BCUT2D eigenvalue weighted by molar-refractivity contribution is 9.10. The van der Waals surface area contributed by atoms with Crippen molar-refractivity contribution < 1.29 is 17.9 Å². The van der Waals surface area contributed by atoms with Gasteiger partial charge < -0.3 is 4.74 Å². The van der Waals surface area contributed by atoms with E-state index in [0.717, 1.165) is 6.20 Å². The summed E-state index contributed by atoms with van der Waals surface area (Å²) < 4.78 is 39.7. The van der Waals surface area contributed by atoms with Gasteiger partial charge >= 0.3 is 6.36 Å². The summed E-state index contributed by atoms with van der Waals surface area (Å²) in [6, 6.07) is 1.63. The Hall–Kier alpha value is -1.29. The van der Waals surface area contributed by atoms with Gasteiger partial charge in [0.15, 0.2) is 5.75 Å². The summed E-state index contributed by atoms with van der Waals surface area (Å²) in [7, 11) is 0. The predicted molar refractivity (Wildman–Crippen MR) is 48.1 cm³/mol. The van der Waals surface area contributed by atoms with Crippen LogP contribution in [0.25, 0.3) is 0 Å². The minimum atomic E-state index is -4.83. The van der Waals surface area contributed by atoms with Crippen LogP contribution >= 0.6 is 15.9 Å². The molecule has 0 aliphatic heterocycles. The van der Waals surface area contributed by atoms with E-state index in [4.69, 9.17) is 5.26 Å². The van der Waals surface area contributed by atoms with Crippen molar-refractivity contribution in [2.75, 3.05) is 0 Å². The van der Waals surface area contributed by atoms with Gasteiger partial charge in [-0.1, -0.05) is 0 Å². The number of nitrogens with zero attached hydrogens (tertiary/aromatic N) is 2. The number of hydrogen-bond donors (Lipinski definition) is 0. The summed E-state index contributed by atoms with van der Waals surface area (Å²) in [6.45, 7) is 1.47. The number of ether oxygens (including phenoxy) is 1. The average Bonchev–Trinajstić information content (AvgIpc) is 2.10. The molecule has 0 saturated heterocycles. The first-order valence-corrected chi connectivity index (χ1v) is 4.45. The van der Waals surface area contributed by atoms with Crippen molar-refractivity contribution in [3.63, 3.8) is 0 Å². The van der Waals surface area contributed by atoms with Gasteiger partial charge in [-0.25, -0.2) is 4.98 Å². The molecule has 0 aromatic carbocycles. The van der Waals surface area contributed by atoms with E-state index < -0.39 is 12.1 Å². The van der Waals surface area contributed by atoms with Crippen molar-refractivity contribution in [2.45, 2.75) is 13.3 Å². The Morgan fingerprint density at radius 1 is 1.53 bits per heavy atom. The largest absolute Gasteiger partial charge is 0.573 e. The van der Waals surface area contributed by atoms with E-state index in [-0.39, 0.29) is 5.56 Å². The lowest BCUT2D eigenvalue weighted by Gasteiger charge is -2.11. The Balaban J connectivity index is 3.21. The zero-order valence-corrected chi connectivity index (χ0v) is 8.98. The van der Waals surface area contributed by atoms with Crippen LogP contribution in [0, 0.1) is 18.3 Å². The molecule has 0 fully saturated rings. The smallest absolute Gasteiger partial charge is 0.403 e. The molecule has 0 aliphatic rings. The zero-order valence-electron chi connectivity index (χ0n) is 7.39. The molecule has 0 bridgehead atoms. The van der Waals surface area contributed by atoms with Crippen LogP contribution in [0.3, 0.4) is 0 Å².